The van der Waals surface area contributed by atoms with Crippen LogP contribution in [0.25, 0.3) is 11.1 Å². The first-order chi connectivity index (χ1) is 10.2. The summed E-state index contributed by atoms with van der Waals surface area (Å²) in [5.74, 6) is 0.790. The molecule has 0 radical (unpaired) electrons. The van der Waals surface area contributed by atoms with Gasteiger partial charge in [0.15, 0.2) is 0 Å². The number of halogens is 2. The van der Waals surface area contributed by atoms with E-state index >= 15 is 0 Å². The van der Waals surface area contributed by atoms with Gasteiger partial charge >= 0.3 is 0 Å². The number of benzene rings is 2. The van der Waals surface area contributed by atoms with Crippen LogP contribution in [0.4, 0.5) is 0 Å². The van der Waals surface area contributed by atoms with Gasteiger partial charge < -0.3 is 10.6 Å². The zero-order valence-corrected chi connectivity index (χ0v) is 14.0. The summed E-state index contributed by atoms with van der Waals surface area (Å²) in [7, 11) is 0. The van der Waals surface area contributed by atoms with Crippen molar-refractivity contribution in [3.63, 3.8) is 0 Å². The second-order valence-electron chi connectivity index (χ2n) is 5.48. The van der Waals surface area contributed by atoms with Crippen molar-refractivity contribution < 1.29 is 0 Å². The lowest BCUT2D eigenvalue weighted by molar-refractivity contribution is 0.331. The molecule has 110 valence electrons. The Morgan fingerprint density at radius 1 is 1.19 bits per heavy atom. The Balaban J connectivity index is 1.69. The Morgan fingerprint density at radius 2 is 2.05 bits per heavy atom. The van der Waals surface area contributed by atoms with Gasteiger partial charge in [0.1, 0.15) is 0 Å². The summed E-state index contributed by atoms with van der Waals surface area (Å²) < 4.78 is 1.03. The topological polar surface area (TPSA) is 24.1 Å². The molecule has 1 fully saturated rings. The average molecular weight is 366 g/mol. The molecule has 0 aromatic heterocycles. The molecule has 21 heavy (non-hydrogen) atoms. The van der Waals surface area contributed by atoms with Gasteiger partial charge in [-0.2, -0.15) is 0 Å². The lowest BCUT2D eigenvalue weighted by Crippen LogP contribution is -2.47. The van der Waals surface area contributed by atoms with Crippen LogP contribution in [0.2, 0.25) is 5.02 Å². The van der Waals surface area contributed by atoms with E-state index in [-0.39, 0.29) is 0 Å². The van der Waals surface area contributed by atoms with Crippen molar-refractivity contribution in [3.8, 4) is 11.1 Å². The fraction of sp³-hybridized carbons (Fsp3) is 0.294. The quantitative estimate of drug-likeness (QED) is 0.834. The van der Waals surface area contributed by atoms with Gasteiger partial charge in [-0.05, 0) is 40.8 Å². The maximum absolute atomic E-state index is 6.01. The molecule has 0 aliphatic carbocycles. The molecule has 2 aromatic carbocycles. The van der Waals surface area contributed by atoms with Gasteiger partial charge in [0, 0.05) is 35.7 Å². The third kappa shape index (κ3) is 3.86. The Hall–Kier alpha value is -0.870. The van der Waals surface area contributed by atoms with Crippen LogP contribution in [0.3, 0.4) is 0 Å². The second-order valence-corrected chi connectivity index (χ2v) is 6.77. The molecule has 0 bridgehead atoms. The van der Waals surface area contributed by atoms with E-state index in [1.807, 2.05) is 12.1 Å². The Kier molecular flexibility index (Phi) is 4.96. The van der Waals surface area contributed by atoms with Crippen molar-refractivity contribution in [2.45, 2.75) is 6.54 Å². The number of hydrogen-bond donors (Lipinski definition) is 2. The molecule has 2 N–H and O–H groups in total. The van der Waals surface area contributed by atoms with Crippen molar-refractivity contribution in [1.29, 1.82) is 0 Å². The molecule has 3 rings (SSSR count). The van der Waals surface area contributed by atoms with E-state index in [1.165, 1.54) is 16.7 Å². The van der Waals surface area contributed by atoms with Crippen LogP contribution in [0.15, 0.2) is 46.9 Å². The highest BCUT2D eigenvalue weighted by atomic mass is 79.9. The van der Waals surface area contributed by atoms with Gasteiger partial charge in [0.25, 0.3) is 0 Å². The number of nitrogens with one attached hydrogen (secondary N) is 2. The first kappa shape index (κ1) is 15.0. The molecule has 0 saturated carbocycles. The van der Waals surface area contributed by atoms with E-state index in [0.29, 0.717) is 0 Å². The fourth-order valence-electron chi connectivity index (χ4n) is 2.49. The van der Waals surface area contributed by atoms with Crippen LogP contribution in [0, 0.1) is 5.92 Å². The van der Waals surface area contributed by atoms with E-state index in [1.54, 1.807) is 0 Å². The van der Waals surface area contributed by atoms with Crippen LogP contribution in [-0.4, -0.2) is 19.6 Å². The summed E-state index contributed by atoms with van der Waals surface area (Å²) in [6, 6.07) is 14.6. The minimum Gasteiger partial charge on any atom is -0.316 e. The van der Waals surface area contributed by atoms with Crippen LogP contribution >= 0.6 is 27.5 Å². The summed E-state index contributed by atoms with van der Waals surface area (Å²) in [5.41, 5.74) is 3.69. The lowest BCUT2D eigenvalue weighted by Gasteiger charge is -2.27. The predicted molar refractivity (Wildman–Crippen MR) is 92.7 cm³/mol. The predicted octanol–water partition coefficient (Wildman–Crippen LogP) is 4.08. The molecule has 4 heteroatoms. The molecule has 0 amide bonds. The highest BCUT2D eigenvalue weighted by Crippen LogP contribution is 2.31. The first-order valence-corrected chi connectivity index (χ1v) is 8.35. The number of rotatable bonds is 5. The average Bonchev–Trinajstić information content (AvgIpc) is 2.42. The molecule has 1 heterocycles. The van der Waals surface area contributed by atoms with Crippen molar-refractivity contribution in [2.24, 2.45) is 5.92 Å². The molecule has 1 saturated heterocycles. The van der Waals surface area contributed by atoms with Crippen molar-refractivity contribution in [1.82, 2.24) is 10.6 Å². The molecule has 1 aliphatic rings. The van der Waals surface area contributed by atoms with Gasteiger partial charge in [0.2, 0.25) is 0 Å². The fourth-order valence-corrected chi connectivity index (χ4v) is 3.40. The summed E-state index contributed by atoms with van der Waals surface area (Å²) in [4.78, 5) is 0. The lowest BCUT2D eigenvalue weighted by atomic mass is 10.0. The molecule has 0 unspecified atom stereocenters. The Morgan fingerprint density at radius 3 is 2.76 bits per heavy atom. The summed E-state index contributed by atoms with van der Waals surface area (Å²) in [6.45, 7) is 4.28. The maximum Gasteiger partial charge on any atom is 0.0417 e. The van der Waals surface area contributed by atoms with Gasteiger partial charge in [0.05, 0.1) is 0 Å². The maximum atomic E-state index is 6.01. The summed E-state index contributed by atoms with van der Waals surface area (Å²) >= 11 is 9.60. The van der Waals surface area contributed by atoms with Gasteiger partial charge in [-0.3, -0.25) is 0 Å². The summed E-state index contributed by atoms with van der Waals surface area (Å²) in [6.07, 6.45) is 0. The van der Waals surface area contributed by atoms with Crippen LogP contribution < -0.4 is 10.6 Å². The van der Waals surface area contributed by atoms with Crippen molar-refractivity contribution >= 4 is 27.5 Å². The van der Waals surface area contributed by atoms with Gasteiger partial charge in [-0.15, -0.1) is 0 Å². The highest BCUT2D eigenvalue weighted by molar-refractivity contribution is 9.10. The second kappa shape index (κ2) is 6.93. The van der Waals surface area contributed by atoms with Crippen LogP contribution in [0.5, 0.6) is 0 Å². The van der Waals surface area contributed by atoms with Crippen LogP contribution in [0.1, 0.15) is 5.56 Å². The molecule has 2 nitrogen and oxygen atoms in total. The molecule has 1 aliphatic heterocycles. The molecule has 0 spiro atoms. The first-order valence-electron chi connectivity index (χ1n) is 7.18. The molecular formula is C17H18BrClN2. The SMILES string of the molecule is Clc1ccc(-c2cccc(CNCC3CNC3)c2)c(Br)c1. The third-order valence-corrected chi connectivity index (χ3v) is 4.69. The molecule has 0 atom stereocenters. The summed E-state index contributed by atoms with van der Waals surface area (Å²) in [5, 5.41) is 7.58. The monoisotopic (exact) mass is 364 g/mol. The van der Waals surface area contributed by atoms with Crippen molar-refractivity contribution in [3.05, 3.63) is 57.5 Å². The van der Waals surface area contributed by atoms with Gasteiger partial charge in [-0.25, -0.2) is 0 Å². The van der Waals surface area contributed by atoms with E-state index in [0.717, 1.165) is 41.6 Å². The van der Waals surface area contributed by atoms with Gasteiger partial charge in [-0.1, -0.05) is 51.8 Å². The highest BCUT2D eigenvalue weighted by Gasteiger charge is 2.15. The minimum atomic E-state index is 0.748. The van der Waals surface area contributed by atoms with E-state index < -0.39 is 0 Å². The number of hydrogen-bond acceptors (Lipinski definition) is 2. The smallest absolute Gasteiger partial charge is 0.0417 e. The standard InChI is InChI=1S/C17H18BrClN2/c18-17-7-15(19)4-5-16(17)14-3-1-2-12(6-14)8-20-9-13-10-21-11-13/h1-7,13,20-21H,8-11H2. The Bertz CT molecular complexity index is 626. The van der Waals surface area contributed by atoms with Crippen molar-refractivity contribution in [2.75, 3.05) is 19.6 Å². The zero-order valence-electron chi connectivity index (χ0n) is 11.7. The third-order valence-electron chi connectivity index (χ3n) is 3.80. The van der Waals surface area contributed by atoms with E-state index in [4.69, 9.17) is 11.6 Å². The van der Waals surface area contributed by atoms with E-state index in [2.05, 4.69) is 56.9 Å². The van der Waals surface area contributed by atoms with E-state index in [9.17, 15) is 0 Å². The molecular weight excluding hydrogens is 348 g/mol. The molecule has 2 aromatic rings. The van der Waals surface area contributed by atoms with Crippen LogP contribution in [-0.2, 0) is 6.54 Å². The minimum absolute atomic E-state index is 0.748. The normalized spacial score (nSPS) is 15.0. The zero-order chi connectivity index (χ0) is 14.7. The Labute approximate surface area is 139 Å². The largest absolute Gasteiger partial charge is 0.316 e.